The topological polar surface area (TPSA) is 126 Å². The number of hydrogen-bond acceptors (Lipinski definition) is 8. The molecule has 1 fully saturated rings. The lowest BCUT2D eigenvalue weighted by Crippen LogP contribution is -2.33. The van der Waals surface area contributed by atoms with Gasteiger partial charge < -0.3 is 25.4 Å². The Balaban J connectivity index is 1.64. The van der Waals surface area contributed by atoms with Gasteiger partial charge in [-0.2, -0.15) is 0 Å². The molecule has 1 aromatic carbocycles. The van der Waals surface area contributed by atoms with Crippen molar-refractivity contribution in [1.29, 1.82) is 0 Å². The van der Waals surface area contributed by atoms with Crippen LogP contribution in [0.4, 0.5) is 5.82 Å². The zero-order valence-electron chi connectivity index (χ0n) is 14.7. The van der Waals surface area contributed by atoms with E-state index in [2.05, 4.69) is 20.3 Å². The number of aromatic nitrogens is 4. The number of nitrogens with zero attached hydrogens (tertiary/aromatic N) is 4. The molecule has 9 heteroatoms. The largest absolute Gasteiger partial charge is 0.394 e. The van der Waals surface area contributed by atoms with Crippen LogP contribution in [0.1, 0.15) is 24.8 Å². The molecular formula is C18H21N5O4. The van der Waals surface area contributed by atoms with E-state index in [0.717, 1.165) is 5.56 Å². The van der Waals surface area contributed by atoms with E-state index in [1.807, 2.05) is 37.3 Å². The lowest BCUT2D eigenvalue weighted by atomic mass is 10.1. The van der Waals surface area contributed by atoms with E-state index in [9.17, 15) is 15.3 Å². The Kier molecular flexibility index (Phi) is 4.75. The van der Waals surface area contributed by atoms with E-state index < -0.39 is 31.1 Å². The van der Waals surface area contributed by atoms with Crippen molar-refractivity contribution < 1.29 is 20.1 Å². The lowest BCUT2D eigenvalue weighted by molar-refractivity contribution is -0.0511. The molecule has 1 aliphatic heterocycles. The third-order valence-electron chi connectivity index (χ3n) is 4.80. The summed E-state index contributed by atoms with van der Waals surface area (Å²) < 4.78 is 7.11. The Morgan fingerprint density at radius 1 is 1.15 bits per heavy atom. The van der Waals surface area contributed by atoms with Gasteiger partial charge in [0.1, 0.15) is 24.6 Å². The maximum Gasteiger partial charge on any atom is 0.167 e. The van der Waals surface area contributed by atoms with E-state index in [1.165, 1.54) is 12.7 Å². The molecule has 142 valence electrons. The number of aliphatic hydroxyl groups is 3. The third-order valence-corrected chi connectivity index (χ3v) is 4.80. The van der Waals surface area contributed by atoms with Gasteiger partial charge in [-0.3, -0.25) is 4.57 Å². The molecule has 0 spiro atoms. The molecule has 0 saturated carbocycles. The fourth-order valence-corrected chi connectivity index (χ4v) is 3.28. The first-order valence-corrected chi connectivity index (χ1v) is 8.71. The number of aliphatic hydroxyl groups excluding tert-OH is 3. The van der Waals surface area contributed by atoms with Crippen LogP contribution in [-0.4, -0.2) is 59.8 Å². The summed E-state index contributed by atoms with van der Waals surface area (Å²) in [7, 11) is 0. The van der Waals surface area contributed by atoms with Gasteiger partial charge in [0.2, 0.25) is 0 Å². The van der Waals surface area contributed by atoms with Crippen LogP contribution in [0.15, 0.2) is 43.0 Å². The van der Waals surface area contributed by atoms with Crippen LogP contribution in [0.25, 0.3) is 11.2 Å². The van der Waals surface area contributed by atoms with Crippen molar-refractivity contribution in [1.82, 2.24) is 19.5 Å². The molecule has 0 unspecified atom stereocenters. The monoisotopic (exact) mass is 371 g/mol. The van der Waals surface area contributed by atoms with Gasteiger partial charge in [0.25, 0.3) is 0 Å². The van der Waals surface area contributed by atoms with Crippen molar-refractivity contribution in [3.05, 3.63) is 48.5 Å². The van der Waals surface area contributed by atoms with Gasteiger partial charge in [0.05, 0.1) is 19.0 Å². The highest BCUT2D eigenvalue weighted by Gasteiger charge is 2.44. The van der Waals surface area contributed by atoms with Crippen molar-refractivity contribution in [2.75, 3.05) is 11.9 Å². The summed E-state index contributed by atoms with van der Waals surface area (Å²) >= 11 is 0. The second-order valence-electron chi connectivity index (χ2n) is 6.55. The van der Waals surface area contributed by atoms with Gasteiger partial charge >= 0.3 is 0 Å². The molecule has 2 aromatic heterocycles. The predicted octanol–water partition coefficient (Wildman–Crippen LogP) is 0.611. The van der Waals surface area contributed by atoms with E-state index in [1.54, 1.807) is 4.57 Å². The fraction of sp³-hybridized carbons (Fsp3) is 0.389. The number of ether oxygens (including phenoxy) is 1. The van der Waals surface area contributed by atoms with Gasteiger partial charge in [0.15, 0.2) is 23.2 Å². The molecule has 4 rings (SSSR count). The molecule has 27 heavy (non-hydrogen) atoms. The molecular weight excluding hydrogens is 350 g/mol. The molecule has 3 aromatic rings. The normalized spacial score (nSPS) is 26.4. The third kappa shape index (κ3) is 3.15. The highest BCUT2D eigenvalue weighted by Crippen LogP contribution is 2.32. The van der Waals surface area contributed by atoms with Crippen molar-refractivity contribution >= 4 is 17.0 Å². The molecule has 0 bridgehead atoms. The summed E-state index contributed by atoms with van der Waals surface area (Å²) in [4.78, 5) is 12.9. The van der Waals surface area contributed by atoms with Crippen molar-refractivity contribution in [3.8, 4) is 0 Å². The average molecular weight is 371 g/mol. The van der Waals surface area contributed by atoms with Crippen molar-refractivity contribution in [2.45, 2.75) is 37.5 Å². The van der Waals surface area contributed by atoms with E-state index in [-0.39, 0.29) is 6.04 Å². The first kappa shape index (κ1) is 17.8. The first-order chi connectivity index (χ1) is 13.1. The van der Waals surface area contributed by atoms with Crippen LogP contribution in [0.2, 0.25) is 0 Å². The molecule has 9 nitrogen and oxygen atoms in total. The van der Waals surface area contributed by atoms with Gasteiger partial charge in [-0.15, -0.1) is 0 Å². The molecule has 3 heterocycles. The van der Waals surface area contributed by atoms with Gasteiger partial charge in [-0.1, -0.05) is 30.3 Å². The zero-order chi connectivity index (χ0) is 19.0. The summed E-state index contributed by atoms with van der Waals surface area (Å²) in [5.41, 5.74) is 2.09. The number of nitrogens with one attached hydrogen (secondary N) is 1. The van der Waals surface area contributed by atoms with Crippen molar-refractivity contribution in [3.63, 3.8) is 0 Å². The Hall–Kier alpha value is -2.59. The molecule has 0 amide bonds. The molecule has 0 radical (unpaired) electrons. The number of hydrogen-bond donors (Lipinski definition) is 4. The quantitative estimate of drug-likeness (QED) is 0.514. The smallest absolute Gasteiger partial charge is 0.167 e. The van der Waals surface area contributed by atoms with Gasteiger partial charge in [-0.25, -0.2) is 15.0 Å². The highest BCUT2D eigenvalue weighted by atomic mass is 16.6. The SMILES string of the molecule is C[C@H](Nc1ncnc2c1ncn2[C@@H]1O[C@H](CO)[C@@H](O)[C@H]1O)c1ccccc1. The van der Waals surface area contributed by atoms with E-state index in [0.29, 0.717) is 17.0 Å². The molecule has 5 atom stereocenters. The fourth-order valence-electron chi connectivity index (χ4n) is 3.28. The Bertz CT molecular complexity index is 919. The number of anilines is 1. The molecule has 4 N–H and O–H groups in total. The van der Waals surface area contributed by atoms with Crippen molar-refractivity contribution in [2.24, 2.45) is 0 Å². The van der Waals surface area contributed by atoms with Gasteiger partial charge in [-0.05, 0) is 12.5 Å². The summed E-state index contributed by atoms with van der Waals surface area (Å²) in [6, 6.07) is 9.95. The Morgan fingerprint density at radius 2 is 1.93 bits per heavy atom. The predicted molar refractivity (Wildman–Crippen MR) is 96.8 cm³/mol. The van der Waals surface area contributed by atoms with Crippen LogP contribution in [-0.2, 0) is 4.74 Å². The number of fused-ring (bicyclic) bond motifs is 1. The van der Waals surface area contributed by atoms with Crippen LogP contribution in [0, 0.1) is 0 Å². The summed E-state index contributed by atoms with van der Waals surface area (Å²) in [6.45, 7) is 1.63. The summed E-state index contributed by atoms with van der Waals surface area (Å²) in [5.74, 6) is 0.557. The minimum atomic E-state index is -1.20. The number of rotatable bonds is 5. The van der Waals surface area contributed by atoms with E-state index in [4.69, 9.17) is 4.74 Å². The van der Waals surface area contributed by atoms with Gasteiger partial charge in [0, 0.05) is 0 Å². The molecule has 1 saturated heterocycles. The number of imidazole rings is 1. The average Bonchev–Trinajstić information content (AvgIpc) is 3.25. The molecule has 1 aliphatic rings. The second kappa shape index (κ2) is 7.20. The second-order valence-corrected chi connectivity index (χ2v) is 6.55. The summed E-state index contributed by atoms with van der Waals surface area (Å²) in [5, 5.41) is 32.8. The minimum absolute atomic E-state index is 0.00311. The maximum absolute atomic E-state index is 10.3. The van der Waals surface area contributed by atoms with Crippen LogP contribution in [0.3, 0.4) is 0 Å². The maximum atomic E-state index is 10.3. The highest BCUT2D eigenvalue weighted by molar-refractivity contribution is 5.82. The summed E-state index contributed by atoms with van der Waals surface area (Å²) in [6.07, 6.45) is -1.25. The Labute approximate surface area is 155 Å². The van der Waals surface area contributed by atoms with Crippen LogP contribution >= 0.6 is 0 Å². The number of benzene rings is 1. The van der Waals surface area contributed by atoms with Crippen LogP contribution < -0.4 is 5.32 Å². The molecule has 0 aliphatic carbocycles. The first-order valence-electron chi connectivity index (χ1n) is 8.71. The Morgan fingerprint density at radius 3 is 2.63 bits per heavy atom. The standard InChI is InChI=1S/C18H21N5O4/c1-10(11-5-3-2-4-6-11)22-16-13-17(20-8-19-16)23(9-21-13)18-15(26)14(25)12(7-24)27-18/h2-6,8-10,12,14-15,18,24-26H,7H2,1H3,(H,19,20,22)/t10-,12+,14+,15+,18+/m0/s1. The lowest BCUT2D eigenvalue weighted by Gasteiger charge is -2.17. The minimum Gasteiger partial charge on any atom is -0.394 e. The van der Waals surface area contributed by atoms with Crippen LogP contribution in [0.5, 0.6) is 0 Å². The van der Waals surface area contributed by atoms with E-state index >= 15 is 0 Å². The zero-order valence-corrected chi connectivity index (χ0v) is 14.7.